The van der Waals surface area contributed by atoms with Crippen molar-refractivity contribution in [3.05, 3.63) is 18.0 Å². The van der Waals surface area contributed by atoms with E-state index in [-0.39, 0.29) is 16.8 Å². The van der Waals surface area contributed by atoms with Crippen LogP contribution >= 0.6 is 0 Å². The van der Waals surface area contributed by atoms with Crippen LogP contribution in [-0.4, -0.2) is 37.4 Å². The van der Waals surface area contributed by atoms with Crippen LogP contribution in [0.2, 0.25) is 0 Å². The van der Waals surface area contributed by atoms with Crippen molar-refractivity contribution < 1.29 is 13.2 Å². The molecule has 7 heteroatoms. The van der Waals surface area contributed by atoms with Gasteiger partial charge in [-0.05, 0) is 24.8 Å². The number of carbonyl (C=O) groups excluding carboxylic acids is 1. The zero-order valence-corrected chi connectivity index (χ0v) is 13.6. The van der Waals surface area contributed by atoms with Crippen LogP contribution in [0.1, 0.15) is 49.6 Å². The van der Waals surface area contributed by atoms with Crippen molar-refractivity contribution in [2.24, 2.45) is 11.1 Å². The van der Waals surface area contributed by atoms with Crippen LogP contribution in [0.3, 0.4) is 0 Å². The fourth-order valence-corrected chi connectivity index (χ4v) is 2.85. The first-order valence-electron chi connectivity index (χ1n) is 7.24. The van der Waals surface area contributed by atoms with E-state index in [1.165, 1.54) is 12.3 Å². The van der Waals surface area contributed by atoms with E-state index in [0.717, 1.165) is 19.3 Å². The third kappa shape index (κ3) is 3.65. The Morgan fingerprint density at radius 2 is 2.14 bits per heavy atom. The standard InChI is InChI=1S/C14H23N3O3S/c1-4-10(2)8-16(3)14(18)13-7-12(21(15,19)20)9-17(13)11-5-6-11/h7,9-11H,4-6,8H2,1-3H3,(H2,15,19,20). The quantitative estimate of drug-likeness (QED) is 0.865. The topological polar surface area (TPSA) is 85.4 Å². The summed E-state index contributed by atoms with van der Waals surface area (Å²) in [4.78, 5) is 14.2. The molecule has 0 radical (unpaired) electrons. The summed E-state index contributed by atoms with van der Waals surface area (Å²) in [6.45, 7) is 4.81. The predicted molar refractivity (Wildman–Crippen MR) is 80.5 cm³/mol. The number of sulfonamides is 1. The summed E-state index contributed by atoms with van der Waals surface area (Å²) in [7, 11) is -2.04. The molecular weight excluding hydrogens is 290 g/mol. The van der Waals surface area contributed by atoms with E-state index in [1.54, 1.807) is 16.5 Å². The Morgan fingerprint density at radius 3 is 2.62 bits per heavy atom. The van der Waals surface area contributed by atoms with Gasteiger partial charge in [0.2, 0.25) is 10.0 Å². The summed E-state index contributed by atoms with van der Waals surface area (Å²) in [6, 6.07) is 1.61. The van der Waals surface area contributed by atoms with Crippen LogP contribution in [-0.2, 0) is 10.0 Å². The maximum atomic E-state index is 12.6. The van der Waals surface area contributed by atoms with E-state index in [1.807, 2.05) is 0 Å². The highest BCUT2D eigenvalue weighted by Crippen LogP contribution is 2.37. The second-order valence-electron chi connectivity index (χ2n) is 5.94. The molecule has 0 saturated heterocycles. The molecule has 1 unspecified atom stereocenters. The number of nitrogens with two attached hydrogens (primary N) is 1. The Labute approximate surface area is 126 Å². The second-order valence-corrected chi connectivity index (χ2v) is 7.51. The summed E-state index contributed by atoms with van der Waals surface area (Å²) >= 11 is 0. The van der Waals surface area contributed by atoms with Gasteiger partial charge in [-0.3, -0.25) is 4.79 Å². The van der Waals surface area contributed by atoms with Crippen LogP contribution in [0.15, 0.2) is 17.2 Å². The van der Waals surface area contributed by atoms with Gasteiger partial charge in [-0.25, -0.2) is 13.6 Å². The highest BCUT2D eigenvalue weighted by molar-refractivity contribution is 7.89. The molecule has 1 heterocycles. The monoisotopic (exact) mass is 313 g/mol. The number of nitrogens with zero attached hydrogens (tertiary/aromatic N) is 2. The number of primary sulfonamides is 1. The fraction of sp³-hybridized carbons (Fsp3) is 0.643. The number of carbonyl (C=O) groups is 1. The largest absolute Gasteiger partial charge is 0.340 e. The highest BCUT2D eigenvalue weighted by Gasteiger charge is 2.30. The SMILES string of the molecule is CCC(C)CN(C)C(=O)c1cc(S(N)(=O)=O)cn1C1CC1. The minimum absolute atomic E-state index is 0.00897. The van der Waals surface area contributed by atoms with Crippen LogP contribution in [0, 0.1) is 5.92 Å². The van der Waals surface area contributed by atoms with Gasteiger partial charge in [-0.2, -0.15) is 0 Å². The zero-order chi connectivity index (χ0) is 15.8. The van der Waals surface area contributed by atoms with Gasteiger partial charge in [0.25, 0.3) is 5.91 Å². The summed E-state index contributed by atoms with van der Waals surface area (Å²) in [6.07, 6.45) is 4.41. The average molecular weight is 313 g/mol. The summed E-state index contributed by atoms with van der Waals surface area (Å²) < 4.78 is 24.8. The lowest BCUT2D eigenvalue weighted by Crippen LogP contribution is -2.32. The molecule has 21 heavy (non-hydrogen) atoms. The summed E-state index contributed by atoms with van der Waals surface area (Å²) in [5.74, 6) is 0.248. The van der Waals surface area contributed by atoms with Crippen molar-refractivity contribution >= 4 is 15.9 Å². The van der Waals surface area contributed by atoms with Gasteiger partial charge in [-0.1, -0.05) is 20.3 Å². The van der Waals surface area contributed by atoms with Gasteiger partial charge < -0.3 is 9.47 Å². The summed E-state index contributed by atoms with van der Waals surface area (Å²) in [5.41, 5.74) is 0.410. The predicted octanol–water partition coefficient (Wildman–Crippen LogP) is 1.59. The van der Waals surface area contributed by atoms with Gasteiger partial charge >= 0.3 is 0 Å². The number of amides is 1. The number of hydrogen-bond donors (Lipinski definition) is 1. The van der Waals surface area contributed by atoms with Crippen LogP contribution in [0.25, 0.3) is 0 Å². The van der Waals surface area contributed by atoms with Crippen molar-refractivity contribution in [3.63, 3.8) is 0 Å². The number of hydrogen-bond acceptors (Lipinski definition) is 3. The molecule has 1 aromatic heterocycles. The van der Waals surface area contributed by atoms with Crippen molar-refractivity contribution in [2.45, 2.75) is 44.0 Å². The third-order valence-electron chi connectivity index (χ3n) is 3.94. The molecule has 1 atom stereocenters. The van der Waals surface area contributed by atoms with Crippen molar-refractivity contribution in [3.8, 4) is 0 Å². The molecule has 1 amide bonds. The maximum Gasteiger partial charge on any atom is 0.270 e. The first kappa shape index (κ1) is 16.0. The molecule has 0 bridgehead atoms. The molecule has 118 valence electrons. The molecule has 1 fully saturated rings. The lowest BCUT2D eigenvalue weighted by molar-refractivity contribution is 0.0764. The van der Waals surface area contributed by atoms with E-state index in [9.17, 15) is 13.2 Å². The lowest BCUT2D eigenvalue weighted by atomic mass is 10.1. The average Bonchev–Trinajstić information content (AvgIpc) is 3.14. The molecule has 1 aliphatic rings. The van der Waals surface area contributed by atoms with Crippen molar-refractivity contribution in [2.75, 3.05) is 13.6 Å². The molecule has 2 N–H and O–H groups in total. The molecule has 1 saturated carbocycles. The molecule has 0 spiro atoms. The first-order chi connectivity index (χ1) is 9.74. The van der Waals surface area contributed by atoms with E-state index in [2.05, 4.69) is 13.8 Å². The van der Waals surface area contributed by atoms with E-state index in [0.29, 0.717) is 18.2 Å². The fourth-order valence-electron chi connectivity index (χ4n) is 2.31. The minimum atomic E-state index is -3.79. The third-order valence-corrected chi connectivity index (χ3v) is 4.82. The maximum absolute atomic E-state index is 12.6. The lowest BCUT2D eigenvalue weighted by Gasteiger charge is -2.21. The minimum Gasteiger partial charge on any atom is -0.340 e. The molecule has 6 nitrogen and oxygen atoms in total. The molecule has 1 aromatic rings. The Hall–Kier alpha value is -1.34. The van der Waals surface area contributed by atoms with Crippen LogP contribution in [0.4, 0.5) is 0 Å². The molecule has 0 aliphatic heterocycles. The van der Waals surface area contributed by atoms with Crippen molar-refractivity contribution in [1.82, 2.24) is 9.47 Å². The Morgan fingerprint density at radius 1 is 1.52 bits per heavy atom. The zero-order valence-electron chi connectivity index (χ0n) is 12.7. The highest BCUT2D eigenvalue weighted by atomic mass is 32.2. The smallest absolute Gasteiger partial charge is 0.270 e. The molecule has 1 aliphatic carbocycles. The van der Waals surface area contributed by atoms with Gasteiger partial charge in [-0.15, -0.1) is 0 Å². The molecule has 0 aromatic carbocycles. The molecule has 2 rings (SSSR count). The Bertz CT molecular complexity index is 632. The van der Waals surface area contributed by atoms with Crippen molar-refractivity contribution in [1.29, 1.82) is 0 Å². The van der Waals surface area contributed by atoms with Gasteiger partial charge in [0.15, 0.2) is 0 Å². The van der Waals surface area contributed by atoms with Gasteiger partial charge in [0.1, 0.15) is 10.6 Å². The normalized spacial score (nSPS) is 16.8. The van der Waals surface area contributed by atoms with Gasteiger partial charge in [0.05, 0.1) is 0 Å². The van der Waals surface area contributed by atoms with E-state index >= 15 is 0 Å². The molecular formula is C14H23N3O3S. The van der Waals surface area contributed by atoms with E-state index in [4.69, 9.17) is 5.14 Å². The number of aromatic nitrogens is 1. The second kappa shape index (κ2) is 5.81. The van der Waals surface area contributed by atoms with Crippen LogP contribution < -0.4 is 5.14 Å². The van der Waals surface area contributed by atoms with Crippen LogP contribution in [0.5, 0.6) is 0 Å². The first-order valence-corrected chi connectivity index (χ1v) is 8.78. The Balaban J connectivity index is 2.29. The Kier molecular flexibility index (Phi) is 4.43. The van der Waals surface area contributed by atoms with Gasteiger partial charge in [0, 0.05) is 25.8 Å². The summed E-state index contributed by atoms with van der Waals surface area (Å²) in [5, 5.41) is 5.17. The number of rotatable bonds is 6. The van der Waals surface area contributed by atoms with E-state index < -0.39 is 10.0 Å².